The van der Waals surface area contributed by atoms with Gasteiger partial charge in [-0.05, 0) is 13.8 Å². The second-order valence-corrected chi connectivity index (χ2v) is 4.00. The van der Waals surface area contributed by atoms with Crippen LogP contribution >= 0.6 is 0 Å². The molecule has 1 N–H and O–H groups in total. The third-order valence-electron chi connectivity index (χ3n) is 1.72. The summed E-state index contributed by atoms with van der Waals surface area (Å²) in [5.74, 6) is 1.20. The lowest BCUT2D eigenvalue weighted by atomic mass is 10.4. The van der Waals surface area contributed by atoms with Crippen LogP contribution in [0.15, 0.2) is 4.52 Å². The maximum atomic E-state index is 5.35. The average molecular weight is 213 g/mol. The Morgan fingerprint density at radius 2 is 2.07 bits per heavy atom. The molecule has 0 aliphatic carbocycles. The van der Waals surface area contributed by atoms with Crippen LogP contribution in [0.1, 0.15) is 39.4 Å². The van der Waals surface area contributed by atoms with Crippen molar-refractivity contribution < 1.29 is 9.26 Å². The van der Waals surface area contributed by atoms with E-state index in [4.69, 9.17) is 9.26 Å². The van der Waals surface area contributed by atoms with Gasteiger partial charge in [0, 0.05) is 6.04 Å². The summed E-state index contributed by atoms with van der Waals surface area (Å²) in [4.78, 5) is 4.19. The first kappa shape index (κ1) is 12.1. The highest BCUT2D eigenvalue weighted by atomic mass is 16.5. The Morgan fingerprint density at radius 3 is 2.67 bits per heavy atom. The van der Waals surface area contributed by atoms with Gasteiger partial charge in [0.15, 0.2) is 5.82 Å². The molecule has 0 aliphatic heterocycles. The van der Waals surface area contributed by atoms with Crippen LogP contribution in [0, 0.1) is 0 Å². The minimum atomic E-state index is 0.175. The molecule has 86 valence electrons. The topological polar surface area (TPSA) is 60.2 Å². The van der Waals surface area contributed by atoms with E-state index >= 15 is 0 Å². The van der Waals surface area contributed by atoms with Crippen LogP contribution in [-0.4, -0.2) is 22.3 Å². The zero-order valence-corrected chi connectivity index (χ0v) is 9.78. The van der Waals surface area contributed by atoms with Crippen molar-refractivity contribution in [2.45, 2.75) is 53.0 Å². The summed E-state index contributed by atoms with van der Waals surface area (Å²) in [5.41, 5.74) is 0. The van der Waals surface area contributed by atoms with E-state index in [0.717, 1.165) is 0 Å². The van der Waals surface area contributed by atoms with Gasteiger partial charge in [-0.25, -0.2) is 0 Å². The molecule has 1 rings (SSSR count). The lowest BCUT2D eigenvalue weighted by molar-refractivity contribution is 0.0485. The lowest BCUT2D eigenvalue weighted by Gasteiger charge is -2.03. The van der Waals surface area contributed by atoms with Crippen LogP contribution in [0.25, 0.3) is 0 Å². The molecule has 0 radical (unpaired) electrons. The molecule has 0 amide bonds. The van der Waals surface area contributed by atoms with E-state index in [1.54, 1.807) is 0 Å². The SMILES string of the molecule is CC(C)NCc1noc(COC(C)C)n1. The number of nitrogens with zero attached hydrogens (tertiary/aromatic N) is 2. The Labute approximate surface area is 90.2 Å². The predicted octanol–water partition coefficient (Wildman–Crippen LogP) is 1.49. The fourth-order valence-electron chi connectivity index (χ4n) is 0.954. The monoisotopic (exact) mass is 213 g/mol. The standard InChI is InChI=1S/C10H19N3O2/c1-7(2)11-5-9-12-10(15-13-9)6-14-8(3)4/h7-8,11H,5-6H2,1-4H3. The number of ether oxygens (including phenoxy) is 1. The van der Waals surface area contributed by atoms with Gasteiger partial charge in [-0.2, -0.15) is 4.98 Å². The third-order valence-corrected chi connectivity index (χ3v) is 1.72. The molecule has 0 spiro atoms. The van der Waals surface area contributed by atoms with Gasteiger partial charge in [0.1, 0.15) is 6.61 Å². The van der Waals surface area contributed by atoms with Gasteiger partial charge in [-0.1, -0.05) is 19.0 Å². The van der Waals surface area contributed by atoms with Crippen molar-refractivity contribution in [1.82, 2.24) is 15.5 Å². The molecule has 0 saturated heterocycles. The molecule has 0 aromatic carbocycles. The zero-order chi connectivity index (χ0) is 11.3. The fourth-order valence-corrected chi connectivity index (χ4v) is 0.954. The molecule has 0 fully saturated rings. The summed E-state index contributed by atoms with van der Waals surface area (Å²) in [7, 11) is 0. The number of aromatic nitrogens is 2. The minimum absolute atomic E-state index is 0.175. The second kappa shape index (κ2) is 5.82. The molecule has 0 unspecified atom stereocenters. The van der Waals surface area contributed by atoms with Crippen molar-refractivity contribution in [2.24, 2.45) is 0 Å². The molecule has 1 aromatic rings. The summed E-state index contributed by atoms with van der Waals surface area (Å²) < 4.78 is 10.4. The van der Waals surface area contributed by atoms with E-state index in [0.29, 0.717) is 30.9 Å². The zero-order valence-electron chi connectivity index (χ0n) is 9.78. The van der Waals surface area contributed by atoms with Crippen molar-refractivity contribution in [1.29, 1.82) is 0 Å². The number of hydrogen-bond donors (Lipinski definition) is 1. The molecule has 0 atom stereocenters. The quantitative estimate of drug-likeness (QED) is 0.775. The lowest BCUT2D eigenvalue weighted by Crippen LogP contribution is -2.22. The summed E-state index contributed by atoms with van der Waals surface area (Å²) >= 11 is 0. The average Bonchev–Trinajstić information content (AvgIpc) is 2.59. The highest BCUT2D eigenvalue weighted by Gasteiger charge is 2.07. The van der Waals surface area contributed by atoms with Crippen molar-refractivity contribution in [3.05, 3.63) is 11.7 Å². The number of hydrogen-bond acceptors (Lipinski definition) is 5. The molecule has 0 aliphatic rings. The van der Waals surface area contributed by atoms with E-state index in [-0.39, 0.29) is 6.10 Å². The van der Waals surface area contributed by atoms with E-state index in [1.807, 2.05) is 13.8 Å². The first-order chi connectivity index (χ1) is 7.08. The van der Waals surface area contributed by atoms with Crippen LogP contribution in [0.2, 0.25) is 0 Å². The molecule has 5 nitrogen and oxygen atoms in total. The second-order valence-electron chi connectivity index (χ2n) is 4.00. The summed E-state index contributed by atoms with van der Waals surface area (Å²) in [6.45, 7) is 9.09. The summed E-state index contributed by atoms with van der Waals surface area (Å²) in [6, 6.07) is 0.416. The Morgan fingerprint density at radius 1 is 1.33 bits per heavy atom. The van der Waals surface area contributed by atoms with Gasteiger partial charge in [0.2, 0.25) is 0 Å². The van der Waals surface area contributed by atoms with Gasteiger partial charge < -0.3 is 14.6 Å². The largest absolute Gasteiger partial charge is 0.369 e. The minimum Gasteiger partial charge on any atom is -0.369 e. The van der Waals surface area contributed by atoms with E-state index in [9.17, 15) is 0 Å². The first-order valence-electron chi connectivity index (χ1n) is 5.24. The van der Waals surface area contributed by atoms with Crippen molar-refractivity contribution in [2.75, 3.05) is 0 Å². The molecule has 0 bridgehead atoms. The van der Waals surface area contributed by atoms with E-state index < -0.39 is 0 Å². The molecular weight excluding hydrogens is 194 g/mol. The van der Waals surface area contributed by atoms with Crippen molar-refractivity contribution >= 4 is 0 Å². The highest BCUT2D eigenvalue weighted by Crippen LogP contribution is 2.01. The van der Waals surface area contributed by atoms with Crippen molar-refractivity contribution in [3.63, 3.8) is 0 Å². The Hall–Kier alpha value is -0.940. The molecular formula is C10H19N3O2. The van der Waals surface area contributed by atoms with Crippen LogP contribution in [-0.2, 0) is 17.9 Å². The van der Waals surface area contributed by atoms with E-state index in [1.165, 1.54) is 0 Å². The van der Waals surface area contributed by atoms with E-state index in [2.05, 4.69) is 29.3 Å². The summed E-state index contributed by atoms with van der Waals surface area (Å²) in [6.07, 6.45) is 0.175. The van der Waals surface area contributed by atoms with Crippen LogP contribution < -0.4 is 5.32 Å². The number of nitrogens with one attached hydrogen (secondary N) is 1. The van der Waals surface area contributed by atoms with Crippen LogP contribution in [0.3, 0.4) is 0 Å². The maximum Gasteiger partial charge on any atom is 0.252 e. The normalized spacial score (nSPS) is 11.6. The fraction of sp³-hybridized carbons (Fsp3) is 0.800. The van der Waals surface area contributed by atoms with Gasteiger partial charge in [0.05, 0.1) is 12.6 Å². The van der Waals surface area contributed by atoms with Crippen LogP contribution in [0.5, 0.6) is 0 Å². The molecule has 0 saturated carbocycles. The first-order valence-corrected chi connectivity index (χ1v) is 5.24. The molecule has 1 aromatic heterocycles. The number of rotatable bonds is 6. The van der Waals surface area contributed by atoms with Crippen molar-refractivity contribution in [3.8, 4) is 0 Å². The summed E-state index contributed by atoms with van der Waals surface area (Å²) in [5, 5.41) is 7.05. The Balaban J connectivity index is 2.35. The van der Waals surface area contributed by atoms with Gasteiger partial charge in [-0.15, -0.1) is 0 Å². The van der Waals surface area contributed by atoms with Gasteiger partial charge in [0.25, 0.3) is 5.89 Å². The maximum absolute atomic E-state index is 5.35. The predicted molar refractivity (Wildman–Crippen MR) is 56.2 cm³/mol. The molecule has 15 heavy (non-hydrogen) atoms. The van der Waals surface area contributed by atoms with Gasteiger partial charge in [-0.3, -0.25) is 0 Å². The smallest absolute Gasteiger partial charge is 0.252 e. The Bertz CT molecular complexity index is 257. The van der Waals surface area contributed by atoms with Crippen LogP contribution in [0.4, 0.5) is 0 Å². The highest BCUT2D eigenvalue weighted by molar-refractivity contribution is 4.84. The van der Waals surface area contributed by atoms with Gasteiger partial charge >= 0.3 is 0 Å². The Kier molecular flexibility index (Phi) is 4.71. The molecule has 1 heterocycles. The molecule has 5 heteroatoms. The third kappa shape index (κ3) is 4.90.